The van der Waals surface area contributed by atoms with E-state index >= 15 is 0 Å². The van der Waals surface area contributed by atoms with E-state index in [1.165, 1.54) is 38.5 Å². The van der Waals surface area contributed by atoms with Crippen molar-refractivity contribution in [1.82, 2.24) is 0 Å². The minimum absolute atomic E-state index is 0. The number of carboxylic acids is 1. The van der Waals surface area contributed by atoms with Gasteiger partial charge in [0, 0.05) is 0 Å². The Kier molecular flexibility index (Phi) is 20.0. The third-order valence-corrected chi connectivity index (χ3v) is 4.08. The Bertz CT molecular complexity index is 324. The molecule has 0 heterocycles. The van der Waals surface area contributed by atoms with Crippen molar-refractivity contribution in [3.05, 3.63) is 0 Å². The van der Waals surface area contributed by atoms with Crippen LogP contribution in [0.1, 0.15) is 79.5 Å². The van der Waals surface area contributed by atoms with Gasteiger partial charge in [0.1, 0.15) is 0 Å². The molecule has 2 atom stereocenters. The maximum absolute atomic E-state index is 10.5. The zero-order valence-electron chi connectivity index (χ0n) is 16.4. The Balaban J connectivity index is -0.00000220. The fourth-order valence-electron chi connectivity index (χ4n) is 2.75. The second-order valence-electron chi connectivity index (χ2n) is 6.06. The predicted octanol–water partition coefficient (Wildman–Crippen LogP) is 1.90. The van der Waals surface area contributed by atoms with Crippen LogP contribution in [0.2, 0.25) is 0 Å². The van der Waals surface area contributed by atoms with Crippen LogP contribution < -0.4 is 29.6 Å². The standard InChI is InChI=1S/C18H33NO3.Na.H/c1-3-5-6-7-8-9-11-16(10-4-2)17(14-19)15-22-13-12-18(20)21;;/h16-17H,3-13,15H2,1-2H3,(H,20,21);;/q;+1;-1. The average molecular weight is 335 g/mol. The molecule has 130 valence electrons. The molecule has 5 heteroatoms. The van der Waals surface area contributed by atoms with Crippen LogP contribution in [0, 0.1) is 23.2 Å². The molecule has 0 aliphatic rings. The van der Waals surface area contributed by atoms with E-state index in [-0.39, 0.29) is 49.9 Å². The van der Waals surface area contributed by atoms with Crippen molar-refractivity contribution in [1.29, 1.82) is 5.26 Å². The summed E-state index contributed by atoms with van der Waals surface area (Å²) in [5.74, 6) is -0.582. The summed E-state index contributed by atoms with van der Waals surface area (Å²) in [7, 11) is 0. The van der Waals surface area contributed by atoms with Gasteiger partial charge < -0.3 is 11.3 Å². The molecule has 0 aliphatic carbocycles. The summed E-state index contributed by atoms with van der Waals surface area (Å²) in [6, 6.07) is 2.36. The molecule has 0 amide bonds. The van der Waals surface area contributed by atoms with Crippen LogP contribution in [0.25, 0.3) is 0 Å². The number of carbonyl (C=O) groups is 1. The molecule has 1 N–H and O–H groups in total. The van der Waals surface area contributed by atoms with Gasteiger partial charge in [-0.15, -0.1) is 0 Å². The molecule has 2 unspecified atom stereocenters. The Labute approximate surface area is 165 Å². The summed E-state index contributed by atoms with van der Waals surface area (Å²) in [5, 5.41) is 17.9. The molecule has 0 saturated carbocycles. The molecule has 23 heavy (non-hydrogen) atoms. The van der Waals surface area contributed by atoms with E-state index in [1.54, 1.807) is 0 Å². The molecule has 0 aliphatic heterocycles. The molecular weight excluding hydrogens is 301 g/mol. The molecular formula is C18H34NNaO3. The summed E-state index contributed by atoms with van der Waals surface area (Å²) in [5.41, 5.74) is 0. The van der Waals surface area contributed by atoms with Crippen molar-refractivity contribution in [2.75, 3.05) is 13.2 Å². The number of rotatable bonds is 15. The van der Waals surface area contributed by atoms with Gasteiger partial charge >= 0.3 is 35.5 Å². The number of aliphatic carboxylic acids is 1. The van der Waals surface area contributed by atoms with Crippen LogP contribution in [-0.4, -0.2) is 24.3 Å². The number of unbranched alkanes of at least 4 members (excludes halogenated alkanes) is 5. The third-order valence-electron chi connectivity index (χ3n) is 4.08. The Morgan fingerprint density at radius 1 is 1.13 bits per heavy atom. The van der Waals surface area contributed by atoms with E-state index in [9.17, 15) is 10.1 Å². The van der Waals surface area contributed by atoms with E-state index in [0.29, 0.717) is 12.5 Å². The van der Waals surface area contributed by atoms with Gasteiger partial charge in [0.2, 0.25) is 0 Å². The van der Waals surface area contributed by atoms with Crippen molar-refractivity contribution in [3.63, 3.8) is 0 Å². The van der Waals surface area contributed by atoms with Gasteiger partial charge in [0.15, 0.2) is 0 Å². The van der Waals surface area contributed by atoms with Crippen LogP contribution in [0.15, 0.2) is 0 Å². The van der Waals surface area contributed by atoms with Crippen molar-refractivity contribution in [2.24, 2.45) is 11.8 Å². The minimum atomic E-state index is -0.856. The van der Waals surface area contributed by atoms with Crippen molar-refractivity contribution >= 4 is 5.97 Å². The molecule has 0 fully saturated rings. The Hall–Kier alpha value is -0.0800. The van der Waals surface area contributed by atoms with Crippen LogP contribution in [0.4, 0.5) is 0 Å². The Morgan fingerprint density at radius 2 is 1.78 bits per heavy atom. The first-order chi connectivity index (χ1) is 10.7. The second kappa shape index (κ2) is 18.3. The number of hydrogen-bond acceptors (Lipinski definition) is 3. The summed E-state index contributed by atoms with van der Waals surface area (Å²) >= 11 is 0. The molecule has 0 bridgehead atoms. The van der Waals surface area contributed by atoms with Crippen LogP contribution in [0.3, 0.4) is 0 Å². The van der Waals surface area contributed by atoms with Gasteiger partial charge in [-0.2, -0.15) is 5.26 Å². The minimum Gasteiger partial charge on any atom is -1.00 e. The third kappa shape index (κ3) is 15.2. The number of carboxylic acid groups (broad SMARTS) is 1. The number of nitrogens with zero attached hydrogens (tertiary/aromatic N) is 1. The molecule has 0 saturated heterocycles. The molecule has 0 aromatic carbocycles. The number of hydrogen-bond donors (Lipinski definition) is 1. The first-order valence-corrected chi connectivity index (χ1v) is 8.84. The first kappa shape index (κ1) is 25.2. The smallest absolute Gasteiger partial charge is 1.00 e. The fourth-order valence-corrected chi connectivity index (χ4v) is 2.75. The predicted molar refractivity (Wildman–Crippen MR) is 89.7 cm³/mol. The van der Waals surface area contributed by atoms with Gasteiger partial charge in [-0.25, -0.2) is 0 Å². The zero-order valence-corrected chi connectivity index (χ0v) is 17.4. The van der Waals surface area contributed by atoms with Gasteiger partial charge in [-0.3, -0.25) is 4.79 Å². The van der Waals surface area contributed by atoms with E-state index in [1.807, 2.05) is 0 Å². The molecule has 0 radical (unpaired) electrons. The van der Waals surface area contributed by atoms with Crippen molar-refractivity contribution < 1.29 is 45.6 Å². The van der Waals surface area contributed by atoms with E-state index in [2.05, 4.69) is 19.9 Å². The molecule has 0 aromatic heterocycles. The largest absolute Gasteiger partial charge is 1.00 e. The maximum Gasteiger partial charge on any atom is 1.00 e. The summed E-state index contributed by atoms with van der Waals surface area (Å²) in [4.78, 5) is 10.5. The fraction of sp³-hybridized carbons (Fsp3) is 0.889. The quantitative estimate of drug-likeness (QED) is 0.366. The van der Waals surface area contributed by atoms with Crippen molar-refractivity contribution in [2.45, 2.75) is 78.1 Å². The van der Waals surface area contributed by atoms with E-state index in [0.717, 1.165) is 19.3 Å². The zero-order chi connectivity index (χ0) is 16.6. The number of ether oxygens (including phenoxy) is 1. The molecule has 0 rings (SSSR count). The second-order valence-corrected chi connectivity index (χ2v) is 6.06. The average Bonchev–Trinajstić information content (AvgIpc) is 2.50. The Morgan fingerprint density at radius 3 is 2.35 bits per heavy atom. The van der Waals surface area contributed by atoms with Crippen LogP contribution in [0.5, 0.6) is 0 Å². The van der Waals surface area contributed by atoms with Crippen LogP contribution >= 0.6 is 0 Å². The topological polar surface area (TPSA) is 70.3 Å². The van der Waals surface area contributed by atoms with Gasteiger partial charge in [0.25, 0.3) is 0 Å². The maximum atomic E-state index is 10.5. The summed E-state index contributed by atoms with van der Waals surface area (Å²) < 4.78 is 5.38. The monoisotopic (exact) mass is 335 g/mol. The summed E-state index contributed by atoms with van der Waals surface area (Å²) in [6.45, 7) is 4.93. The molecule has 0 spiro atoms. The molecule has 4 nitrogen and oxygen atoms in total. The summed E-state index contributed by atoms with van der Waals surface area (Å²) in [6.07, 6.45) is 10.8. The first-order valence-electron chi connectivity index (χ1n) is 8.84. The molecule has 0 aromatic rings. The van der Waals surface area contributed by atoms with Gasteiger partial charge in [-0.05, 0) is 18.8 Å². The van der Waals surface area contributed by atoms with E-state index in [4.69, 9.17) is 9.84 Å². The van der Waals surface area contributed by atoms with Crippen molar-refractivity contribution in [3.8, 4) is 6.07 Å². The normalized spacial score (nSPS) is 12.9. The van der Waals surface area contributed by atoms with Gasteiger partial charge in [0.05, 0.1) is 31.6 Å². The SMILES string of the molecule is CCCCCCCCC(CCC)C(C#N)COCCC(=O)O.[H-].[Na+]. The number of nitriles is 1. The van der Waals surface area contributed by atoms with Gasteiger partial charge in [-0.1, -0.05) is 58.8 Å². The van der Waals surface area contributed by atoms with E-state index < -0.39 is 5.97 Å². The van der Waals surface area contributed by atoms with Crippen LogP contribution in [-0.2, 0) is 9.53 Å².